The highest BCUT2D eigenvalue weighted by molar-refractivity contribution is 5.77. The molecule has 2 aromatic carbocycles. The molecule has 0 aromatic heterocycles. The Morgan fingerprint density at radius 1 is 1.00 bits per heavy atom. The van der Waals surface area contributed by atoms with E-state index < -0.39 is 0 Å². The minimum absolute atomic E-state index is 0.394. The van der Waals surface area contributed by atoms with Gasteiger partial charge >= 0.3 is 0 Å². The van der Waals surface area contributed by atoms with Gasteiger partial charge in [-0.05, 0) is 42.3 Å². The summed E-state index contributed by atoms with van der Waals surface area (Å²) in [6.45, 7) is 2.34. The van der Waals surface area contributed by atoms with Crippen LogP contribution in [0.3, 0.4) is 0 Å². The van der Waals surface area contributed by atoms with Gasteiger partial charge in [-0.2, -0.15) is 0 Å². The van der Waals surface area contributed by atoms with Gasteiger partial charge in [0, 0.05) is 23.0 Å². The Hall–Kier alpha value is -2.49. The Morgan fingerprint density at radius 2 is 1.61 bits per heavy atom. The van der Waals surface area contributed by atoms with E-state index in [2.05, 4.69) is 0 Å². The number of benzene rings is 2. The number of carbonyl (C=O) groups excluding carboxylic acids is 1. The highest BCUT2D eigenvalue weighted by atomic mass is 16.5. The van der Waals surface area contributed by atoms with Crippen LogP contribution >= 0.6 is 0 Å². The number of nitrogens with two attached hydrogens (primary N) is 2. The van der Waals surface area contributed by atoms with E-state index in [1.54, 1.807) is 12.1 Å². The zero-order chi connectivity index (χ0) is 13.1. The maximum atomic E-state index is 10.5. The first-order valence-corrected chi connectivity index (χ1v) is 5.48. The topological polar surface area (TPSA) is 78.3 Å². The summed E-state index contributed by atoms with van der Waals surface area (Å²) in [5.41, 5.74) is 15.4. The highest BCUT2D eigenvalue weighted by Gasteiger charge is 2.09. The van der Waals surface area contributed by atoms with Crippen molar-refractivity contribution in [2.24, 2.45) is 0 Å². The molecule has 0 atom stereocenters. The molecule has 4 heteroatoms. The van der Waals surface area contributed by atoms with Gasteiger partial charge in [-0.15, -0.1) is 0 Å². The number of aryl methyl sites for hydroxylation is 1. The van der Waals surface area contributed by atoms with Gasteiger partial charge in [-0.1, -0.05) is 6.07 Å². The number of anilines is 2. The zero-order valence-electron chi connectivity index (χ0n) is 10.0. The molecule has 0 fully saturated rings. The molecule has 0 aliphatic heterocycles. The summed E-state index contributed by atoms with van der Waals surface area (Å²) in [7, 11) is 0. The second-order valence-corrected chi connectivity index (χ2v) is 4.04. The molecule has 92 valence electrons. The molecule has 0 aliphatic carbocycles. The average Bonchev–Trinajstić information content (AvgIpc) is 2.31. The summed E-state index contributed by atoms with van der Waals surface area (Å²) < 4.78 is 4.97. The Morgan fingerprint density at radius 3 is 2.22 bits per heavy atom. The van der Waals surface area contributed by atoms with Gasteiger partial charge in [0.15, 0.2) is 0 Å². The van der Waals surface area contributed by atoms with Crippen LogP contribution in [0.15, 0.2) is 36.4 Å². The van der Waals surface area contributed by atoms with E-state index in [-0.39, 0.29) is 0 Å². The molecule has 2 rings (SSSR count). The molecule has 2 aromatic rings. The fourth-order valence-corrected chi connectivity index (χ4v) is 1.90. The Bertz CT molecular complexity index is 594. The lowest BCUT2D eigenvalue weighted by atomic mass is 9.99. The van der Waals surface area contributed by atoms with Gasteiger partial charge in [-0.3, -0.25) is 4.79 Å². The van der Waals surface area contributed by atoms with Crippen molar-refractivity contribution >= 4 is 17.8 Å². The van der Waals surface area contributed by atoms with E-state index in [9.17, 15) is 4.79 Å². The summed E-state index contributed by atoms with van der Waals surface area (Å²) in [6.07, 6.45) is 0. The van der Waals surface area contributed by atoms with Gasteiger partial charge in [0.25, 0.3) is 6.47 Å². The lowest BCUT2D eigenvalue weighted by Crippen LogP contribution is -1.96. The van der Waals surface area contributed by atoms with Crippen molar-refractivity contribution < 1.29 is 9.53 Å². The number of hydrogen-bond donors (Lipinski definition) is 2. The van der Waals surface area contributed by atoms with Crippen LogP contribution in [0.2, 0.25) is 0 Å². The zero-order valence-corrected chi connectivity index (χ0v) is 10.0. The second-order valence-electron chi connectivity index (χ2n) is 4.04. The van der Waals surface area contributed by atoms with Crippen molar-refractivity contribution in [2.75, 3.05) is 11.5 Å². The van der Waals surface area contributed by atoms with Gasteiger partial charge in [0.2, 0.25) is 0 Å². The first-order valence-electron chi connectivity index (χ1n) is 5.48. The Balaban J connectivity index is 2.59. The Kier molecular flexibility index (Phi) is 3.19. The first-order chi connectivity index (χ1) is 8.61. The molecule has 0 amide bonds. The summed E-state index contributed by atoms with van der Waals surface area (Å²) in [5, 5.41) is 0. The highest BCUT2D eigenvalue weighted by Crippen LogP contribution is 2.34. The molecule has 4 N–H and O–H groups in total. The lowest BCUT2D eigenvalue weighted by Gasteiger charge is -2.11. The van der Waals surface area contributed by atoms with E-state index in [4.69, 9.17) is 16.2 Å². The number of hydrogen-bond acceptors (Lipinski definition) is 4. The largest absolute Gasteiger partial charge is 0.428 e. The summed E-state index contributed by atoms with van der Waals surface area (Å²) in [6, 6.07) is 10.8. The summed E-state index contributed by atoms with van der Waals surface area (Å²) >= 11 is 0. The number of nitrogen functional groups attached to an aromatic ring is 2. The standard InChI is InChI=1S/C14H14N2O2/c1-9-6-10(15)2-4-12(9)13-5-3-11(16)7-14(13)18-8-17/h2-8H,15-16H2,1H3. The van der Waals surface area contributed by atoms with Crippen LogP contribution in [-0.4, -0.2) is 6.47 Å². The monoisotopic (exact) mass is 242 g/mol. The summed E-state index contributed by atoms with van der Waals surface area (Å²) in [5.74, 6) is 0.442. The van der Waals surface area contributed by atoms with Crippen molar-refractivity contribution in [1.82, 2.24) is 0 Å². The van der Waals surface area contributed by atoms with E-state index in [1.165, 1.54) is 0 Å². The van der Waals surface area contributed by atoms with Crippen LogP contribution in [0.4, 0.5) is 11.4 Å². The van der Waals surface area contributed by atoms with E-state index in [1.807, 2.05) is 31.2 Å². The maximum absolute atomic E-state index is 10.5. The normalized spacial score (nSPS) is 10.1. The van der Waals surface area contributed by atoms with Crippen molar-refractivity contribution in [2.45, 2.75) is 6.92 Å². The van der Waals surface area contributed by atoms with E-state index in [0.717, 1.165) is 16.7 Å². The smallest absolute Gasteiger partial charge is 0.298 e. The third kappa shape index (κ3) is 2.27. The number of carbonyl (C=O) groups is 1. The van der Waals surface area contributed by atoms with Gasteiger partial charge < -0.3 is 16.2 Å². The van der Waals surface area contributed by atoms with Crippen molar-refractivity contribution in [3.05, 3.63) is 42.0 Å². The van der Waals surface area contributed by atoms with Crippen LogP contribution in [0.1, 0.15) is 5.56 Å². The lowest BCUT2D eigenvalue weighted by molar-refractivity contribution is -0.120. The molecule has 0 heterocycles. The predicted octanol–water partition coefficient (Wildman–Crippen LogP) is 2.36. The van der Waals surface area contributed by atoms with Gasteiger partial charge in [0.05, 0.1) is 0 Å². The van der Waals surface area contributed by atoms with E-state index in [0.29, 0.717) is 23.6 Å². The quantitative estimate of drug-likeness (QED) is 0.639. The maximum Gasteiger partial charge on any atom is 0.298 e. The van der Waals surface area contributed by atoms with Crippen LogP contribution in [0.5, 0.6) is 5.75 Å². The fourth-order valence-electron chi connectivity index (χ4n) is 1.90. The number of rotatable bonds is 3. The molecule has 0 aliphatic rings. The first kappa shape index (κ1) is 12.0. The molecule has 0 saturated carbocycles. The molecule has 0 radical (unpaired) electrons. The molecule has 18 heavy (non-hydrogen) atoms. The minimum atomic E-state index is 0.394. The molecule has 0 unspecified atom stereocenters. The molecule has 0 saturated heterocycles. The van der Waals surface area contributed by atoms with E-state index >= 15 is 0 Å². The predicted molar refractivity (Wildman–Crippen MR) is 72.1 cm³/mol. The SMILES string of the molecule is Cc1cc(N)ccc1-c1ccc(N)cc1OC=O. The minimum Gasteiger partial charge on any atom is -0.428 e. The van der Waals surface area contributed by atoms with Crippen LogP contribution in [0.25, 0.3) is 11.1 Å². The van der Waals surface area contributed by atoms with Gasteiger partial charge in [0.1, 0.15) is 5.75 Å². The molecule has 0 spiro atoms. The van der Waals surface area contributed by atoms with Crippen LogP contribution < -0.4 is 16.2 Å². The fraction of sp³-hybridized carbons (Fsp3) is 0.0714. The Labute approximate surface area is 105 Å². The molecule has 0 bridgehead atoms. The molecule has 4 nitrogen and oxygen atoms in total. The van der Waals surface area contributed by atoms with Crippen LogP contribution in [0, 0.1) is 6.92 Å². The summed E-state index contributed by atoms with van der Waals surface area (Å²) in [4.78, 5) is 10.5. The third-order valence-corrected chi connectivity index (χ3v) is 2.72. The second kappa shape index (κ2) is 4.79. The average molecular weight is 242 g/mol. The number of ether oxygens (including phenoxy) is 1. The molecular formula is C14H14N2O2. The molecular weight excluding hydrogens is 228 g/mol. The van der Waals surface area contributed by atoms with Gasteiger partial charge in [-0.25, -0.2) is 0 Å². The van der Waals surface area contributed by atoms with Crippen LogP contribution in [-0.2, 0) is 4.79 Å². The van der Waals surface area contributed by atoms with Crippen molar-refractivity contribution in [1.29, 1.82) is 0 Å². The van der Waals surface area contributed by atoms with Crippen molar-refractivity contribution in [3.63, 3.8) is 0 Å². The van der Waals surface area contributed by atoms with Crippen molar-refractivity contribution in [3.8, 4) is 16.9 Å². The third-order valence-electron chi connectivity index (χ3n) is 2.72.